The molecule has 0 rings (SSSR count). The van der Waals surface area contributed by atoms with Gasteiger partial charge in [0, 0.05) is 6.42 Å². The van der Waals surface area contributed by atoms with Crippen molar-refractivity contribution in [3.05, 3.63) is 12.2 Å². The first kappa shape index (κ1) is 52.1. The minimum Gasteiger partial charge on any atom is -0.394 e. The average Bonchev–Trinajstić information content (AvgIpc) is 3.16. The standard InChI is InChI=1S/C49H97NO3/c1-3-5-7-9-11-13-15-17-19-20-21-22-23-24-25-26-27-28-29-31-33-35-37-39-41-43-45-49(53)50-47(46-51)48(52)44-42-40-38-36-34-32-30-18-16-14-12-10-8-6-4-2/h42,44,47-48,51-52H,3-41,43,45-46H2,1-2H3,(H,50,53)/b44-42+/t47-,48+/m0/s1. The summed E-state index contributed by atoms with van der Waals surface area (Å²) in [4.78, 5) is 12.4. The van der Waals surface area contributed by atoms with E-state index in [9.17, 15) is 15.0 Å². The van der Waals surface area contributed by atoms with Gasteiger partial charge < -0.3 is 15.5 Å². The van der Waals surface area contributed by atoms with Gasteiger partial charge in [0.25, 0.3) is 0 Å². The molecule has 3 N–H and O–H groups in total. The smallest absolute Gasteiger partial charge is 0.220 e. The summed E-state index contributed by atoms with van der Waals surface area (Å²) in [5.74, 6) is -0.0580. The third kappa shape index (κ3) is 42.1. The van der Waals surface area contributed by atoms with E-state index in [2.05, 4.69) is 19.2 Å². The summed E-state index contributed by atoms with van der Waals surface area (Å²) in [6, 6.07) is -0.616. The molecular formula is C49H97NO3. The highest BCUT2D eigenvalue weighted by Crippen LogP contribution is 2.17. The molecular weight excluding hydrogens is 651 g/mol. The number of aliphatic hydroxyl groups is 2. The quantitative estimate of drug-likeness (QED) is 0.0429. The first-order chi connectivity index (χ1) is 26.2. The Morgan fingerprint density at radius 2 is 0.698 bits per heavy atom. The van der Waals surface area contributed by atoms with Crippen molar-refractivity contribution in [2.45, 2.75) is 289 Å². The third-order valence-electron chi connectivity index (χ3n) is 11.5. The molecule has 0 aliphatic carbocycles. The van der Waals surface area contributed by atoms with Gasteiger partial charge in [-0.25, -0.2) is 0 Å². The van der Waals surface area contributed by atoms with E-state index in [1.807, 2.05) is 6.08 Å². The van der Waals surface area contributed by atoms with Gasteiger partial charge in [-0.2, -0.15) is 0 Å². The number of allylic oxidation sites excluding steroid dienone is 1. The van der Waals surface area contributed by atoms with Crippen molar-refractivity contribution in [2.75, 3.05) is 6.61 Å². The molecule has 0 bridgehead atoms. The lowest BCUT2D eigenvalue weighted by atomic mass is 10.0. The number of nitrogens with one attached hydrogen (secondary N) is 1. The van der Waals surface area contributed by atoms with Gasteiger partial charge in [-0.05, 0) is 19.3 Å². The van der Waals surface area contributed by atoms with Gasteiger partial charge in [-0.3, -0.25) is 4.79 Å². The van der Waals surface area contributed by atoms with Crippen molar-refractivity contribution in [3.8, 4) is 0 Å². The number of carbonyl (C=O) groups excluding carboxylic acids is 1. The number of carbonyl (C=O) groups is 1. The van der Waals surface area contributed by atoms with Crippen molar-refractivity contribution >= 4 is 5.91 Å². The molecule has 0 unspecified atom stereocenters. The zero-order valence-electron chi connectivity index (χ0n) is 36.3. The SMILES string of the molecule is CCCCCCCCCCCCCCC/C=C/[C@@H](O)[C@H](CO)NC(=O)CCCCCCCCCCCCCCCCCCCCCCCCCCCC. The Labute approximate surface area is 333 Å². The Kier molecular flexibility index (Phi) is 44.8. The van der Waals surface area contributed by atoms with Crippen LogP contribution in [0.25, 0.3) is 0 Å². The van der Waals surface area contributed by atoms with Crippen LogP contribution in [0.3, 0.4) is 0 Å². The molecule has 2 atom stereocenters. The first-order valence-electron chi connectivity index (χ1n) is 24.4. The van der Waals surface area contributed by atoms with Crippen molar-refractivity contribution in [1.82, 2.24) is 5.32 Å². The summed E-state index contributed by atoms with van der Waals surface area (Å²) in [7, 11) is 0. The predicted octanol–water partition coefficient (Wildman–Crippen LogP) is 15.4. The van der Waals surface area contributed by atoms with Crippen LogP contribution in [-0.2, 0) is 4.79 Å². The van der Waals surface area contributed by atoms with E-state index >= 15 is 0 Å². The van der Waals surface area contributed by atoms with Crippen molar-refractivity contribution in [2.24, 2.45) is 0 Å². The maximum Gasteiger partial charge on any atom is 0.220 e. The number of hydrogen-bond donors (Lipinski definition) is 3. The second kappa shape index (κ2) is 45.5. The normalized spacial score (nSPS) is 12.9. The maximum atomic E-state index is 12.4. The molecule has 0 heterocycles. The highest BCUT2D eigenvalue weighted by atomic mass is 16.3. The molecule has 0 aliphatic rings. The summed E-state index contributed by atoms with van der Waals surface area (Å²) in [6.07, 6.45) is 57.7. The Morgan fingerprint density at radius 3 is 0.981 bits per heavy atom. The minimum atomic E-state index is -0.833. The monoisotopic (exact) mass is 748 g/mol. The second-order valence-corrected chi connectivity index (χ2v) is 16.9. The van der Waals surface area contributed by atoms with E-state index < -0.39 is 12.1 Å². The molecule has 4 nitrogen and oxygen atoms in total. The maximum absolute atomic E-state index is 12.4. The van der Waals surface area contributed by atoms with Crippen LogP contribution in [-0.4, -0.2) is 34.9 Å². The fourth-order valence-electron chi connectivity index (χ4n) is 7.77. The zero-order chi connectivity index (χ0) is 38.6. The second-order valence-electron chi connectivity index (χ2n) is 16.9. The summed E-state index contributed by atoms with van der Waals surface area (Å²) < 4.78 is 0. The number of rotatable bonds is 45. The van der Waals surface area contributed by atoms with E-state index in [0.717, 1.165) is 25.7 Å². The van der Waals surface area contributed by atoms with Crippen LogP contribution in [0.15, 0.2) is 12.2 Å². The van der Waals surface area contributed by atoms with Gasteiger partial charge >= 0.3 is 0 Å². The van der Waals surface area contributed by atoms with Crippen LogP contribution in [0.1, 0.15) is 277 Å². The minimum absolute atomic E-state index is 0.0580. The number of hydrogen-bond acceptors (Lipinski definition) is 3. The Hall–Kier alpha value is -0.870. The van der Waals surface area contributed by atoms with E-state index in [0.29, 0.717) is 6.42 Å². The summed E-state index contributed by atoms with van der Waals surface area (Å²) in [5.41, 5.74) is 0. The molecule has 4 heteroatoms. The van der Waals surface area contributed by atoms with Crippen LogP contribution in [0.2, 0.25) is 0 Å². The largest absolute Gasteiger partial charge is 0.394 e. The van der Waals surface area contributed by atoms with Crippen molar-refractivity contribution < 1.29 is 15.0 Å². The van der Waals surface area contributed by atoms with Gasteiger partial charge in [0.1, 0.15) is 0 Å². The van der Waals surface area contributed by atoms with Gasteiger partial charge in [-0.1, -0.05) is 264 Å². The third-order valence-corrected chi connectivity index (χ3v) is 11.5. The lowest BCUT2D eigenvalue weighted by Crippen LogP contribution is -2.45. The average molecular weight is 748 g/mol. The molecule has 1 amide bonds. The Bertz CT molecular complexity index is 725. The van der Waals surface area contributed by atoms with Crippen LogP contribution >= 0.6 is 0 Å². The van der Waals surface area contributed by atoms with E-state index in [1.165, 1.54) is 231 Å². The highest BCUT2D eigenvalue weighted by Gasteiger charge is 2.18. The summed E-state index contributed by atoms with van der Waals surface area (Å²) in [6.45, 7) is 4.33. The van der Waals surface area contributed by atoms with Gasteiger partial charge in [-0.15, -0.1) is 0 Å². The molecule has 316 valence electrons. The summed E-state index contributed by atoms with van der Waals surface area (Å²) >= 11 is 0. The molecule has 53 heavy (non-hydrogen) atoms. The van der Waals surface area contributed by atoms with Gasteiger partial charge in [0.2, 0.25) is 5.91 Å². The topological polar surface area (TPSA) is 69.6 Å². The lowest BCUT2D eigenvalue weighted by Gasteiger charge is -2.20. The van der Waals surface area contributed by atoms with E-state index in [4.69, 9.17) is 0 Å². The predicted molar refractivity (Wildman–Crippen MR) is 235 cm³/mol. The van der Waals surface area contributed by atoms with Crippen LogP contribution < -0.4 is 5.32 Å². The molecule has 0 spiro atoms. The molecule has 0 aromatic carbocycles. The van der Waals surface area contributed by atoms with E-state index in [1.54, 1.807) is 6.08 Å². The number of amides is 1. The zero-order valence-corrected chi connectivity index (χ0v) is 36.3. The van der Waals surface area contributed by atoms with Crippen LogP contribution in [0.4, 0.5) is 0 Å². The molecule has 0 aromatic heterocycles. The lowest BCUT2D eigenvalue weighted by molar-refractivity contribution is -0.123. The highest BCUT2D eigenvalue weighted by molar-refractivity contribution is 5.76. The molecule has 0 aromatic rings. The van der Waals surface area contributed by atoms with Crippen molar-refractivity contribution in [1.29, 1.82) is 0 Å². The van der Waals surface area contributed by atoms with E-state index in [-0.39, 0.29) is 12.5 Å². The fourth-order valence-corrected chi connectivity index (χ4v) is 7.77. The molecule has 0 saturated heterocycles. The first-order valence-corrected chi connectivity index (χ1v) is 24.4. The molecule has 0 aliphatic heterocycles. The number of unbranched alkanes of at least 4 members (excludes halogenated alkanes) is 38. The van der Waals surface area contributed by atoms with Gasteiger partial charge in [0.15, 0.2) is 0 Å². The molecule has 0 radical (unpaired) electrons. The van der Waals surface area contributed by atoms with Crippen LogP contribution in [0.5, 0.6) is 0 Å². The molecule has 0 saturated carbocycles. The Balaban J connectivity index is 3.45. The fraction of sp³-hybridized carbons (Fsp3) is 0.939. The Morgan fingerprint density at radius 1 is 0.434 bits per heavy atom. The van der Waals surface area contributed by atoms with Gasteiger partial charge in [0.05, 0.1) is 18.8 Å². The van der Waals surface area contributed by atoms with Crippen LogP contribution in [0, 0.1) is 0 Å². The molecule has 0 fully saturated rings. The summed E-state index contributed by atoms with van der Waals surface area (Å²) in [5, 5.41) is 23.0. The van der Waals surface area contributed by atoms with Crippen molar-refractivity contribution in [3.63, 3.8) is 0 Å². The number of aliphatic hydroxyl groups excluding tert-OH is 2.